The molecule has 0 aliphatic carbocycles. The van der Waals surface area contributed by atoms with Crippen LogP contribution < -0.4 is 29.1 Å². The number of halogens is 3. The first-order chi connectivity index (χ1) is 23.6. The molecule has 0 N–H and O–H groups in total. The van der Waals surface area contributed by atoms with Gasteiger partial charge in [0.05, 0.1) is 49.3 Å². The highest BCUT2D eigenvalue weighted by Crippen LogP contribution is 2.37. The Kier molecular flexibility index (Phi) is 12.4. The van der Waals surface area contributed by atoms with Crippen molar-refractivity contribution < 1.29 is 33.3 Å². The largest absolute Gasteiger partial charge is 0.490 e. The molecule has 3 aromatic carbocycles. The van der Waals surface area contributed by atoms with Gasteiger partial charge in [-0.05, 0) is 113 Å². The third-order valence-corrected chi connectivity index (χ3v) is 10.3. The first kappa shape index (κ1) is 36.9. The Bertz CT molecular complexity index is 2110. The first-order valence-corrected chi connectivity index (χ1v) is 18.4. The average molecular weight is 929 g/mol. The monoisotopic (exact) mass is 928 g/mol. The number of hydrogen-bond acceptors (Lipinski definition) is 10. The van der Waals surface area contributed by atoms with E-state index < -0.39 is 18.0 Å². The van der Waals surface area contributed by atoms with E-state index in [0.717, 1.165) is 24.0 Å². The van der Waals surface area contributed by atoms with Gasteiger partial charge in [-0.25, -0.2) is 14.6 Å². The van der Waals surface area contributed by atoms with E-state index >= 15 is 0 Å². The summed E-state index contributed by atoms with van der Waals surface area (Å²) in [5, 5.41) is 0.635. The van der Waals surface area contributed by atoms with E-state index in [1.54, 1.807) is 32.0 Å². The summed E-state index contributed by atoms with van der Waals surface area (Å²) in [5.74, 6) is 0.239. The number of esters is 2. The highest BCUT2D eigenvalue weighted by Gasteiger charge is 2.34. The molecule has 14 heteroatoms. The molecule has 0 saturated carbocycles. The number of ether oxygens (including phenoxy) is 5. The standard InChI is InChI=1S/C35H31ClI2N2O8S/c1-5-45-27-16-21(11-12-26(27)47-18-29(41)44-4)31-30(34(43)46-6-2)19(3)39-35-40(31)33(42)28(49-35)15-20-13-24(37)32(25(38)14-20)48-17-22-9-7-8-10-23(22)36/h7-16,31H,5-6,17-18H2,1-4H3/b28-15-/t31-/m0/s1. The number of carbonyl (C=O) groups excluding carboxylic acids is 2. The number of hydrogen-bond donors (Lipinski definition) is 0. The van der Waals surface area contributed by atoms with Crippen LogP contribution in [0.3, 0.4) is 0 Å². The van der Waals surface area contributed by atoms with Crippen LogP contribution in [-0.2, 0) is 25.7 Å². The molecule has 1 aromatic heterocycles. The molecule has 4 aromatic rings. The maximum absolute atomic E-state index is 14.2. The molecule has 256 valence electrons. The summed E-state index contributed by atoms with van der Waals surface area (Å²) in [7, 11) is 1.27. The third kappa shape index (κ3) is 8.32. The van der Waals surface area contributed by atoms with Crippen LogP contribution in [0.2, 0.25) is 5.02 Å². The second kappa shape index (κ2) is 16.5. The molecule has 1 aliphatic rings. The molecule has 0 saturated heterocycles. The average Bonchev–Trinajstić information content (AvgIpc) is 3.37. The lowest BCUT2D eigenvalue weighted by Gasteiger charge is -2.25. The van der Waals surface area contributed by atoms with Crippen molar-refractivity contribution in [2.75, 3.05) is 26.9 Å². The van der Waals surface area contributed by atoms with Crippen LogP contribution in [0, 0.1) is 7.14 Å². The number of thiazole rings is 1. The van der Waals surface area contributed by atoms with Gasteiger partial charge in [-0.1, -0.05) is 47.2 Å². The molecule has 0 amide bonds. The van der Waals surface area contributed by atoms with Crippen LogP contribution in [0.15, 0.2) is 75.7 Å². The number of allylic oxidation sites excluding steroid dienone is 1. The SMILES string of the molecule is CCOC(=O)C1=C(C)N=c2s/c(=C\c3cc(I)c(OCc4ccccc4Cl)c(I)c3)c(=O)n2[C@H]1c1ccc(OCC(=O)OC)c(OCC)c1. The van der Waals surface area contributed by atoms with Gasteiger partial charge in [0.15, 0.2) is 22.9 Å². The van der Waals surface area contributed by atoms with Gasteiger partial charge in [0.25, 0.3) is 5.56 Å². The van der Waals surface area contributed by atoms with Crippen molar-refractivity contribution in [3.8, 4) is 17.2 Å². The number of fused-ring (bicyclic) bond motifs is 1. The molecule has 5 rings (SSSR count). The molecule has 1 aliphatic heterocycles. The Morgan fingerprint density at radius 2 is 1.73 bits per heavy atom. The Balaban J connectivity index is 1.57. The normalized spacial score (nSPS) is 14.2. The van der Waals surface area contributed by atoms with Crippen molar-refractivity contribution in [3.05, 3.63) is 114 Å². The fourth-order valence-corrected chi connectivity index (χ4v) is 8.47. The van der Waals surface area contributed by atoms with Crippen LogP contribution in [0.25, 0.3) is 6.08 Å². The second-order valence-electron chi connectivity index (χ2n) is 10.5. The lowest BCUT2D eigenvalue weighted by Crippen LogP contribution is -2.40. The van der Waals surface area contributed by atoms with E-state index in [9.17, 15) is 14.4 Å². The predicted molar refractivity (Wildman–Crippen MR) is 203 cm³/mol. The summed E-state index contributed by atoms with van der Waals surface area (Å²) in [6, 6.07) is 15.6. The van der Waals surface area contributed by atoms with Gasteiger partial charge in [-0.3, -0.25) is 9.36 Å². The number of nitrogens with zero attached hydrogens (tertiary/aromatic N) is 2. The highest BCUT2D eigenvalue weighted by molar-refractivity contribution is 14.1. The van der Waals surface area contributed by atoms with Gasteiger partial charge in [0.1, 0.15) is 12.4 Å². The van der Waals surface area contributed by atoms with E-state index in [0.29, 0.717) is 50.3 Å². The van der Waals surface area contributed by atoms with Crippen LogP contribution in [0.4, 0.5) is 0 Å². The van der Waals surface area contributed by atoms with Crippen LogP contribution in [0.5, 0.6) is 17.2 Å². The molecule has 10 nitrogen and oxygen atoms in total. The molecule has 0 spiro atoms. The molecule has 0 bridgehead atoms. The van der Waals surface area contributed by atoms with Crippen molar-refractivity contribution in [2.24, 2.45) is 4.99 Å². The summed E-state index contributed by atoms with van der Waals surface area (Å²) in [6.07, 6.45) is 1.81. The summed E-state index contributed by atoms with van der Waals surface area (Å²) < 4.78 is 31.4. The Labute approximate surface area is 318 Å². The fraction of sp³-hybridized carbons (Fsp3) is 0.257. The van der Waals surface area contributed by atoms with E-state index in [2.05, 4.69) is 54.9 Å². The van der Waals surface area contributed by atoms with Crippen LogP contribution in [0.1, 0.15) is 43.5 Å². The minimum absolute atomic E-state index is 0.145. The molecule has 0 unspecified atom stereocenters. The molecule has 49 heavy (non-hydrogen) atoms. The summed E-state index contributed by atoms with van der Waals surface area (Å²) in [5.41, 5.74) is 2.59. The predicted octanol–water partition coefficient (Wildman–Crippen LogP) is 6.19. The number of carbonyl (C=O) groups is 2. The van der Waals surface area contributed by atoms with Crippen LogP contribution in [-0.4, -0.2) is 43.4 Å². The van der Waals surface area contributed by atoms with Crippen LogP contribution >= 0.6 is 68.1 Å². The quantitative estimate of drug-likeness (QED) is 0.122. The zero-order valence-corrected chi connectivity index (χ0v) is 32.8. The molecule has 1 atom stereocenters. The van der Waals surface area contributed by atoms with Crippen molar-refractivity contribution in [1.29, 1.82) is 0 Å². The smallest absolute Gasteiger partial charge is 0.343 e. The lowest BCUT2D eigenvalue weighted by molar-refractivity contribution is -0.143. The Morgan fingerprint density at radius 3 is 2.41 bits per heavy atom. The number of methoxy groups -OCH3 is 1. The second-order valence-corrected chi connectivity index (χ2v) is 14.2. The number of rotatable bonds is 12. The highest BCUT2D eigenvalue weighted by atomic mass is 127. The van der Waals surface area contributed by atoms with Gasteiger partial charge in [-0.15, -0.1) is 0 Å². The Morgan fingerprint density at radius 1 is 1.00 bits per heavy atom. The summed E-state index contributed by atoms with van der Waals surface area (Å²) in [6.45, 7) is 5.71. The molecule has 2 heterocycles. The number of benzene rings is 3. The first-order valence-electron chi connectivity index (χ1n) is 15.1. The maximum Gasteiger partial charge on any atom is 0.343 e. The van der Waals surface area contributed by atoms with E-state index in [4.69, 9.17) is 30.5 Å². The molecular weight excluding hydrogens is 898 g/mol. The maximum atomic E-state index is 14.2. The van der Waals surface area contributed by atoms with Crippen molar-refractivity contribution in [2.45, 2.75) is 33.4 Å². The van der Waals surface area contributed by atoms with Crippen molar-refractivity contribution in [1.82, 2.24) is 4.57 Å². The summed E-state index contributed by atoms with van der Waals surface area (Å²) >= 11 is 12.0. The number of aromatic nitrogens is 1. The Hall–Kier alpha value is -3.41. The van der Waals surface area contributed by atoms with E-state index in [1.807, 2.05) is 49.4 Å². The van der Waals surface area contributed by atoms with E-state index in [1.165, 1.54) is 23.0 Å². The van der Waals surface area contributed by atoms with Gasteiger partial charge >= 0.3 is 11.9 Å². The van der Waals surface area contributed by atoms with E-state index in [-0.39, 0.29) is 24.3 Å². The molecular formula is C35H31ClI2N2O8S. The topological polar surface area (TPSA) is 115 Å². The molecule has 0 radical (unpaired) electrons. The van der Waals surface area contributed by atoms with Gasteiger partial charge in [-0.2, -0.15) is 0 Å². The van der Waals surface area contributed by atoms with Gasteiger partial charge < -0.3 is 23.7 Å². The van der Waals surface area contributed by atoms with Gasteiger partial charge in [0, 0.05) is 10.6 Å². The zero-order valence-electron chi connectivity index (χ0n) is 26.9. The third-order valence-electron chi connectivity index (χ3n) is 7.32. The molecule has 0 fully saturated rings. The fourth-order valence-electron chi connectivity index (χ4n) is 5.10. The minimum Gasteiger partial charge on any atom is -0.490 e. The zero-order chi connectivity index (χ0) is 35.2. The summed E-state index contributed by atoms with van der Waals surface area (Å²) in [4.78, 5) is 44.4. The van der Waals surface area contributed by atoms with Gasteiger partial charge in [0.2, 0.25) is 0 Å². The minimum atomic E-state index is -0.868. The lowest BCUT2D eigenvalue weighted by atomic mass is 9.95. The van der Waals surface area contributed by atoms with Crippen molar-refractivity contribution in [3.63, 3.8) is 0 Å². The van der Waals surface area contributed by atoms with Crippen molar-refractivity contribution >= 4 is 86.1 Å².